The topological polar surface area (TPSA) is 87.5 Å². The van der Waals surface area contributed by atoms with E-state index in [2.05, 4.69) is 10.4 Å². The second kappa shape index (κ2) is 7.06. The van der Waals surface area contributed by atoms with Crippen LogP contribution >= 0.6 is 0 Å². The number of aryl methyl sites for hydroxylation is 2. The molecule has 1 aromatic heterocycles. The van der Waals surface area contributed by atoms with Crippen molar-refractivity contribution in [1.82, 2.24) is 14.7 Å². The van der Waals surface area contributed by atoms with Crippen molar-refractivity contribution in [3.05, 3.63) is 46.8 Å². The number of hydrogen-bond acceptors (Lipinski definition) is 4. The molecule has 0 spiro atoms. The van der Waals surface area contributed by atoms with Crippen LogP contribution in [0.3, 0.4) is 0 Å². The van der Waals surface area contributed by atoms with Crippen molar-refractivity contribution < 1.29 is 14.7 Å². The van der Waals surface area contributed by atoms with E-state index in [-0.39, 0.29) is 18.0 Å². The van der Waals surface area contributed by atoms with Crippen LogP contribution in [0.25, 0.3) is 0 Å². The van der Waals surface area contributed by atoms with Gasteiger partial charge in [0.05, 0.1) is 29.2 Å². The molecule has 1 aliphatic rings. The molecule has 1 aromatic carbocycles. The fraction of sp³-hybridized carbons (Fsp3) is 0.389. The number of amides is 1. The fourth-order valence-electron chi connectivity index (χ4n) is 3.31. The molecule has 0 atom stereocenters. The number of likely N-dealkylation sites (N-methyl/N-ethyl adjacent to an activating group) is 1. The van der Waals surface area contributed by atoms with Crippen molar-refractivity contribution >= 4 is 17.6 Å². The van der Waals surface area contributed by atoms with Gasteiger partial charge in [-0.3, -0.25) is 14.4 Å². The summed E-state index contributed by atoms with van der Waals surface area (Å²) < 4.78 is 1.90. The van der Waals surface area contributed by atoms with E-state index in [0.717, 1.165) is 25.0 Å². The predicted octanol–water partition coefficient (Wildman–Crippen LogP) is 1.68. The van der Waals surface area contributed by atoms with Crippen LogP contribution in [0.1, 0.15) is 33.7 Å². The highest BCUT2D eigenvalue weighted by molar-refractivity contribution is 6.01. The highest BCUT2D eigenvalue weighted by Crippen LogP contribution is 2.25. The number of rotatable bonds is 6. The summed E-state index contributed by atoms with van der Waals surface area (Å²) >= 11 is 0. The lowest BCUT2D eigenvalue weighted by atomic mass is 10.2. The Hall–Kier alpha value is -2.67. The van der Waals surface area contributed by atoms with Crippen LogP contribution in [-0.2, 0) is 31.2 Å². The maximum atomic E-state index is 12.3. The van der Waals surface area contributed by atoms with Crippen LogP contribution < -0.4 is 5.32 Å². The average molecular weight is 342 g/mol. The Kier molecular flexibility index (Phi) is 4.85. The van der Waals surface area contributed by atoms with Crippen molar-refractivity contribution in [2.45, 2.75) is 25.8 Å². The quantitative estimate of drug-likeness (QED) is 0.834. The van der Waals surface area contributed by atoms with Crippen molar-refractivity contribution in [2.75, 3.05) is 18.9 Å². The molecule has 0 unspecified atom stereocenters. The molecule has 0 saturated heterocycles. The zero-order valence-electron chi connectivity index (χ0n) is 14.5. The highest BCUT2D eigenvalue weighted by atomic mass is 16.4. The first kappa shape index (κ1) is 17.2. The van der Waals surface area contributed by atoms with Gasteiger partial charge in [-0.1, -0.05) is 12.1 Å². The number of nitrogens with one attached hydrogen (secondary N) is 1. The van der Waals surface area contributed by atoms with Gasteiger partial charge in [-0.05, 0) is 44.0 Å². The molecule has 1 aliphatic carbocycles. The van der Waals surface area contributed by atoms with Gasteiger partial charge in [-0.2, -0.15) is 5.10 Å². The molecule has 7 heteroatoms. The first-order valence-electron chi connectivity index (χ1n) is 8.30. The van der Waals surface area contributed by atoms with Crippen LogP contribution in [0.4, 0.5) is 5.69 Å². The van der Waals surface area contributed by atoms with Crippen LogP contribution in [0, 0.1) is 0 Å². The Morgan fingerprint density at radius 2 is 2.08 bits per heavy atom. The largest absolute Gasteiger partial charge is 0.478 e. The fourth-order valence-corrected chi connectivity index (χ4v) is 3.31. The first-order chi connectivity index (χ1) is 12.0. The molecule has 2 aromatic rings. The molecular weight excluding hydrogens is 320 g/mol. The van der Waals surface area contributed by atoms with Gasteiger partial charge in [0.15, 0.2) is 0 Å². The van der Waals surface area contributed by atoms with E-state index in [1.165, 1.54) is 17.3 Å². The molecule has 3 rings (SSSR count). The molecule has 25 heavy (non-hydrogen) atoms. The standard InChI is InChI=1S/C18H22N4O3/c1-21(10-16-12-7-5-9-15(12)20-22(16)2)11-17(23)19-14-8-4-3-6-13(14)18(24)25/h3-4,6,8H,5,7,9-11H2,1-2H3,(H,19,23)(H,24,25). The van der Waals surface area contributed by atoms with E-state index in [1.54, 1.807) is 18.2 Å². The number of nitrogens with zero attached hydrogens (tertiary/aromatic N) is 3. The summed E-state index contributed by atoms with van der Waals surface area (Å²) in [6.45, 7) is 0.806. The van der Waals surface area contributed by atoms with Gasteiger partial charge in [-0.25, -0.2) is 4.79 Å². The number of aromatic carboxylic acids is 1. The van der Waals surface area contributed by atoms with Gasteiger partial charge in [0.2, 0.25) is 5.91 Å². The Morgan fingerprint density at radius 1 is 1.32 bits per heavy atom. The van der Waals surface area contributed by atoms with Crippen molar-refractivity contribution in [1.29, 1.82) is 0 Å². The minimum Gasteiger partial charge on any atom is -0.478 e. The Morgan fingerprint density at radius 3 is 2.84 bits per heavy atom. The van der Waals surface area contributed by atoms with Crippen LogP contribution in [0.5, 0.6) is 0 Å². The molecule has 0 fully saturated rings. The molecule has 1 heterocycles. The zero-order valence-corrected chi connectivity index (χ0v) is 14.5. The Balaban J connectivity index is 1.63. The number of carboxylic acids is 1. The summed E-state index contributed by atoms with van der Waals surface area (Å²) in [6, 6.07) is 6.40. The van der Waals surface area contributed by atoms with E-state index >= 15 is 0 Å². The number of carbonyl (C=O) groups is 2. The molecular formula is C18H22N4O3. The molecule has 2 N–H and O–H groups in total. The summed E-state index contributed by atoms with van der Waals surface area (Å²) in [5.74, 6) is -1.30. The zero-order chi connectivity index (χ0) is 18.0. The van der Waals surface area contributed by atoms with Crippen LogP contribution in [0.15, 0.2) is 24.3 Å². The van der Waals surface area contributed by atoms with Gasteiger partial charge >= 0.3 is 5.97 Å². The normalized spacial score (nSPS) is 13.1. The lowest BCUT2D eigenvalue weighted by molar-refractivity contribution is -0.117. The number of anilines is 1. The van der Waals surface area contributed by atoms with Crippen molar-refractivity contribution in [2.24, 2.45) is 7.05 Å². The number of benzene rings is 1. The Bertz CT molecular complexity index is 813. The SMILES string of the molecule is CN(CC(=O)Nc1ccccc1C(=O)O)Cc1c2c(nn1C)CCC2. The lowest BCUT2D eigenvalue weighted by Gasteiger charge is -2.17. The highest BCUT2D eigenvalue weighted by Gasteiger charge is 2.22. The minimum absolute atomic E-state index is 0.0861. The van der Waals surface area contributed by atoms with E-state index in [0.29, 0.717) is 12.2 Å². The first-order valence-corrected chi connectivity index (χ1v) is 8.30. The number of carbonyl (C=O) groups excluding carboxylic acids is 1. The summed E-state index contributed by atoms with van der Waals surface area (Å²) in [5.41, 5.74) is 4.03. The number of aromatic nitrogens is 2. The molecule has 7 nitrogen and oxygen atoms in total. The summed E-state index contributed by atoms with van der Waals surface area (Å²) in [6.07, 6.45) is 3.21. The maximum absolute atomic E-state index is 12.3. The van der Waals surface area contributed by atoms with E-state index in [1.807, 2.05) is 23.7 Å². The lowest BCUT2D eigenvalue weighted by Crippen LogP contribution is -2.31. The molecule has 0 saturated carbocycles. The van der Waals surface area contributed by atoms with Crippen molar-refractivity contribution in [3.8, 4) is 0 Å². The van der Waals surface area contributed by atoms with E-state index < -0.39 is 5.97 Å². The van der Waals surface area contributed by atoms with Gasteiger partial charge in [0.1, 0.15) is 0 Å². The minimum atomic E-state index is -1.06. The second-order valence-electron chi connectivity index (χ2n) is 6.42. The van der Waals surface area contributed by atoms with E-state index in [4.69, 9.17) is 0 Å². The van der Waals surface area contributed by atoms with Crippen LogP contribution in [0.2, 0.25) is 0 Å². The van der Waals surface area contributed by atoms with Gasteiger partial charge in [0.25, 0.3) is 0 Å². The molecule has 0 radical (unpaired) electrons. The average Bonchev–Trinajstić information content (AvgIpc) is 3.10. The van der Waals surface area contributed by atoms with Gasteiger partial charge in [-0.15, -0.1) is 0 Å². The van der Waals surface area contributed by atoms with Gasteiger partial charge in [0, 0.05) is 13.6 Å². The monoisotopic (exact) mass is 342 g/mol. The second-order valence-corrected chi connectivity index (χ2v) is 6.42. The summed E-state index contributed by atoms with van der Waals surface area (Å²) in [5, 5.41) is 16.4. The third-order valence-electron chi connectivity index (χ3n) is 4.46. The van der Waals surface area contributed by atoms with Gasteiger partial charge < -0.3 is 10.4 Å². The van der Waals surface area contributed by atoms with Crippen LogP contribution in [-0.4, -0.2) is 45.3 Å². The third-order valence-corrected chi connectivity index (χ3v) is 4.46. The van der Waals surface area contributed by atoms with E-state index in [9.17, 15) is 14.7 Å². The molecule has 132 valence electrons. The number of carboxylic acid groups (broad SMARTS) is 1. The Labute approximate surface area is 146 Å². The third kappa shape index (κ3) is 3.71. The number of fused-ring (bicyclic) bond motifs is 1. The summed E-state index contributed by atoms with van der Waals surface area (Å²) in [7, 11) is 3.81. The number of para-hydroxylation sites is 1. The molecule has 1 amide bonds. The summed E-state index contributed by atoms with van der Waals surface area (Å²) in [4.78, 5) is 25.4. The van der Waals surface area contributed by atoms with Crippen molar-refractivity contribution in [3.63, 3.8) is 0 Å². The maximum Gasteiger partial charge on any atom is 0.337 e. The predicted molar refractivity (Wildman–Crippen MR) is 93.6 cm³/mol. The smallest absolute Gasteiger partial charge is 0.337 e. The number of hydrogen-bond donors (Lipinski definition) is 2. The molecule has 0 bridgehead atoms. The molecule has 0 aliphatic heterocycles.